The molecule has 0 saturated carbocycles. The lowest BCUT2D eigenvalue weighted by Crippen LogP contribution is -2.58. The molecule has 1 aromatic carbocycles. The first-order valence-corrected chi connectivity index (χ1v) is 11.6. The number of benzene rings is 1. The monoisotopic (exact) mass is 474 g/mol. The number of carbonyl (C=O) groups excluding carboxylic acids is 3. The Morgan fingerprint density at radius 2 is 2.06 bits per heavy atom. The fourth-order valence-electron chi connectivity index (χ4n) is 4.80. The number of carbonyl (C=O) groups is 3. The Labute approximate surface area is 204 Å². The molecule has 1 atom stereocenters. The SMILES string of the molecule is CC#CCN1C(=O)NC(Cc2cccc(F)c2)(C2CCN(C(=O)C=Cc3cccnc3)CC2)C1=O. The van der Waals surface area contributed by atoms with Crippen LogP contribution in [0.25, 0.3) is 6.08 Å². The summed E-state index contributed by atoms with van der Waals surface area (Å²) in [5.41, 5.74) is 0.250. The van der Waals surface area contributed by atoms with Crippen LogP contribution >= 0.6 is 0 Å². The van der Waals surface area contributed by atoms with E-state index in [2.05, 4.69) is 22.1 Å². The Balaban J connectivity index is 1.52. The second-order valence-electron chi connectivity index (χ2n) is 8.75. The lowest BCUT2D eigenvalue weighted by atomic mass is 9.74. The van der Waals surface area contributed by atoms with Gasteiger partial charge in [0, 0.05) is 38.0 Å². The number of aromatic nitrogens is 1. The molecule has 3 heterocycles. The zero-order chi connectivity index (χ0) is 24.8. The maximum atomic E-state index is 13.9. The average Bonchev–Trinajstić information content (AvgIpc) is 3.11. The van der Waals surface area contributed by atoms with Crippen molar-refractivity contribution < 1.29 is 18.8 Å². The minimum Gasteiger partial charge on any atom is -0.339 e. The van der Waals surface area contributed by atoms with Crippen molar-refractivity contribution in [2.75, 3.05) is 19.6 Å². The van der Waals surface area contributed by atoms with E-state index in [1.54, 1.807) is 48.5 Å². The molecule has 7 nitrogen and oxygen atoms in total. The standard InChI is InChI=1S/C27H27FN4O3/c1-2-3-14-32-25(34)27(30-26(32)35,18-21-6-4-8-23(28)17-21)22-11-15-31(16-12-22)24(33)10-9-20-7-5-13-29-19-20/h4-10,13,17,19,22H,11-12,14-16,18H2,1H3,(H,30,35). The molecule has 0 aliphatic carbocycles. The fourth-order valence-corrected chi connectivity index (χ4v) is 4.80. The Bertz CT molecular complexity index is 1200. The maximum Gasteiger partial charge on any atom is 0.325 e. The molecule has 2 fully saturated rings. The summed E-state index contributed by atoms with van der Waals surface area (Å²) in [5.74, 6) is 4.41. The number of amides is 4. The van der Waals surface area contributed by atoms with Crippen LogP contribution in [0.3, 0.4) is 0 Å². The Morgan fingerprint density at radius 3 is 2.74 bits per heavy atom. The highest BCUT2D eigenvalue weighted by Crippen LogP contribution is 2.36. The quantitative estimate of drug-likeness (QED) is 0.396. The number of rotatable bonds is 6. The molecular weight excluding hydrogens is 447 g/mol. The largest absolute Gasteiger partial charge is 0.339 e. The minimum absolute atomic E-state index is 0.00252. The molecule has 2 aliphatic heterocycles. The van der Waals surface area contributed by atoms with Crippen LogP contribution < -0.4 is 5.32 Å². The number of nitrogens with zero attached hydrogens (tertiary/aromatic N) is 3. The number of pyridine rings is 1. The Morgan fingerprint density at radius 1 is 1.26 bits per heavy atom. The van der Waals surface area contributed by atoms with Gasteiger partial charge in [0.1, 0.15) is 11.4 Å². The van der Waals surface area contributed by atoms with Gasteiger partial charge in [-0.05, 0) is 61.1 Å². The molecule has 1 N–H and O–H groups in total. The van der Waals surface area contributed by atoms with Crippen LogP contribution in [-0.2, 0) is 16.0 Å². The molecule has 8 heteroatoms. The predicted molar refractivity (Wildman–Crippen MR) is 129 cm³/mol. The van der Waals surface area contributed by atoms with Crippen molar-refractivity contribution in [3.8, 4) is 11.8 Å². The summed E-state index contributed by atoms with van der Waals surface area (Å²) in [4.78, 5) is 46.0. The number of imide groups is 1. The van der Waals surface area contributed by atoms with Crippen LogP contribution in [0.15, 0.2) is 54.9 Å². The van der Waals surface area contributed by atoms with E-state index in [1.807, 2.05) is 6.07 Å². The molecule has 0 bridgehead atoms. The van der Waals surface area contributed by atoms with Gasteiger partial charge in [-0.1, -0.05) is 24.1 Å². The summed E-state index contributed by atoms with van der Waals surface area (Å²) >= 11 is 0. The van der Waals surface area contributed by atoms with Crippen molar-refractivity contribution in [2.45, 2.75) is 31.7 Å². The summed E-state index contributed by atoms with van der Waals surface area (Å²) in [6.45, 7) is 2.55. The molecule has 0 radical (unpaired) electrons. The molecule has 2 saturated heterocycles. The van der Waals surface area contributed by atoms with Crippen LogP contribution in [0.1, 0.15) is 30.9 Å². The Kier molecular flexibility index (Phi) is 7.25. The van der Waals surface area contributed by atoms with Gasteiger partial charge in [0.25, 0.3) is 5.91 Å². The number of likely N-dealkylation sites (tertiary alicyclic amines) is 1. The second-order valence-corrected chi connectivity index (χ2v) is 8.75. The van der Waals surface area contributed by atoms with E-state index in [9.17, 15) is 18.8 Å². The summed E-state index contributed by atoms with van der Waals surface area (Å²) < 4.78 is 13.9. The Hall–Kier alpha value is -3.99. The van der Waals surface area contributed by atoms with Gasteiger partial charge in [-0.15, -0.1) is 5.92 Å². The minimum atomic E-state index is -1.21. The normalized spacial score (nSPS) is 20.6. The van der Waals surface area contributed by atoms with Gasteiger partial charge in [0.15, 0.2) is 0 Å². The molecule has 1 unspecified atom stereocenters. The summed E-state index contributed by atoms with van der Waals surface area (Å²) in [5, 5.41) is 2.93. The van der Waals surface area contributed by atoms with Crippen molar-refractivity contribution in [2.24, 2.45) is 5.92 Å². The maximum absolute atomic E-state index is 13.9. The third kappa shape index (κ3) is 5.24. The molecule has 35 heavy (non-hydrogen) atoms. The lowest BCUT2D eigenvalue weighted by molar-refractivity contribution is -0.134. The number of nitrogens with one attached hydrogen (secondary N) is 1. The summed E-state index contributed by atoms with van der Waals surface area (Å²) in [7, 11) is 0. The molecule has 180 valence electrons. The molecular formula is C27H27FN4O3. The van der Waals surface area contributed by atoms with E-state index in [-0.39, 0.29) is 30.7 Å². The third-order valence-corrected chi connectivity index (χ3v) is 6.59. The van der Waals surface area contributed by atoms with Gasteiger partial charge in [-0.3, -0.25) is 19.5 Å². The van der Waals surface area contributed by atoms with Crippen LogP contribution in [0, 0.1) is 23.6 Å². The van der Waals surface area contributed by atoms with Crippen LogP contribution in [0.4, 0.5) is 9.18 Å². The van der Waals surface area contributed by atoms with Crippen molar-refractivity contribution >= 4 is 23.9 Å². The van der Waals surface area contributed by atoms with Crippen molar-refractivity contribution in [3.63, 3.8) is 0 Å². The number of halogens is 1. The smallest absolute Gasteiger partial charge is 0.325 e. The number of urea groups is 1. The first-order chi connectivity index (χ1) is 16.9. The van der Waals surface area contributed by atoms with E-state index >= 15 is 0 Å². The molecule has 4 amide bonds. The van der Waals surface area contributed by atoms with Crippen LogP contribution in [0.5, 0.6) is 0 Å². The van der Waals surface area contributed by atoms with Gasteiger partial charge in [0.2, 0.25) is 5.91 Å². The van der Waals surface area contributed by atoms with E-state index in [4.69, 9.17) is 0 Å². The van der Waals surface area contributed by atoms with E-state index in [0.29, 0.717) is 31.5 Å². The second kappa shape index (κ2) is 10.5. The highest BCUT2D eigenvalue weighted by Gasteiger charge is 2.55. The molecule has 0 spiro atoms. The number of hydrogen-bond donors (Lipinski definition) is 1. The van der Waals surface area contributed by atoms with Gasteiger partial charge < -0.3 is 10.2 Å². The van der Waals surface area contributed by atoms with Crippen molar-refractivity contribution in [3.05, 3.63) is 71.8 Å². The fraction of sp³-hybridized carbons (Fsp3) is 0.333. The first kappa shape index (κ1) is 24.1. The molecule has 2 aromatic rings. The van der Waals surface area contributed by atoms with Crippen molar-refractivity contribution in [1.82, 2.24) is 20.1 Å². The number of piperidine rings is 1. The highest BCUT2D eigenvalue weighted by atomic mass is 19.1. The average molecular weight is 475 g/mol. The van der Waals surface area contributed by atoms with Gasteiger partial charge >= 0.3 is 6.03 Å². The van der Waals surface area contributed by atoms with E-state index < -0.39 is 17.4 Å². The highest BCUT2D eigenvalue weighted by molar-refractivity contribution is 6.07. The lowest BCUT2D eigenvalue weighted by Gasteiger charge is -2.40. The van der Waals surface area contributed by atoms with Gasteiger partial charge in [-0.25, -0.2) is 9.18 Å². The first-order valence-electron chi connectivity index (χ1n) is 11.6. The van der Waals surface area contributed by atoms with Gasteiger partial charge in [-0.2, -0.15) is 0 Å². The topological polar surface area (TPSA) is 82.6 Å². The van der Waals surface area contributed by atoms with E-state index in [0.717, 1.165) is 10.5 Å². The van der Waals surface area contributed by atoms with Crippen molar-refractivity contribution in [1.29, 1.82) is 0 Å². The zero-order valence-electron chi connectivity index (χ0n) is 19.5. The molecule has 1 aromatic heterocycles. The summed E-state index contributed by atoms with van der Waals surface area (Å²) in [6.07, 6.45) is 7.82. The predicted octanol–water partition coefficient (Wildman–Crippen LogP) is 3.03. The van der Waals surface area contributed by atoms with Crippen LogP contribution in [0.2, 0.25) is 0 Å². The third-order valence-electron chi connectivity index (χ3n) is 6.59. The molecule has 2 aliphatic rings. The van der Waals surface area contributed by atoms with Crippen LogP contribution in [-0.4, -0.2) is 57.8 Å². The molecule has 4 rings (SSSR count). The van der Waals surface area contributed by atoms with Gasteiger partial charge in [0.05, 0.1) is 6.54 Å². The van der Waals surface area contributed by atoms with E-state index in [1.165, 1.54) is 18.2 Å². The summed E-state index contributed by atoms with van der Waals surface area (Å²) in [6, 6.07) is 9.25. The zero-order valence-corrected chi connectivity index (χ0v) is 19.5. The number of hydrogen-bond acceptors (Lipinski definition) is 4.